The second kappa shape index (κ2) is 7.03. The quantitative estimate of drug-likeness (QED) is 0.649. The molecule has 2 aromatic heterocycles. The molecule has 6 nitrogen and oxygen atoms in total. The first-order valence-electron chi connectivity index (χ1n) is 6.48. The van der Waals surface area contributed by atoms with Crippen LogP contribution in [0, 0.1) is 0 Å². The van der Waals surface area contributed by atoms with Crippen LogP contribution in [0.15, 0.2) is 42.3 Å². The third-order valence-electron chi connectivity index (χ3n) is 2.83. The van der Waals surface area contributed by atoms with Gasteiger partial charge in [-0.25, -0.2) is 0 Å². The van der Waals surface area contributed by atoms with Crippen LogP contribution in [0.1, 0.15) is 6.92 Å². The molecule has 7 heteroatoms. The van der Waals surface area contributed by atoms with E-state index < -0.39 is 0 Å². The van der Waals surface area contributed by atoms with E-state index in [1.807, 2.05) is 30.7 Å². The predicted octanol–water partition coefficient (Wildman–Crippen LogP) is 1.66. The molecular weight excluding hydrogens is 286 g/mol. The lowest BCUT2D eigenvalue weighted by Gasteiger charge is -2.10. The van der Waals surface area contributed by atoms with E-state index in [1.165, 1.54) is 11.8 Å². The monoisotopic (exact) mass is 303 g/mol. The zero-order valence-corrected chi connectivity index (χ0v) is 12.8. The molecule has 0 saturated heterocycles. The Morgan fingerprint density at radius 2 is 2.38 bits per heavy atom. The zero-order valence-electron chi connectivity index (χ0n) is 12.0. The van der Waals surface area contributed by atoms with E-state index in [2.05, 4.69) is 27.1 Å². The Balaban J connectivity index is 2.10. The molecule has 21 heavy (non-hydrogen) atoms. The molecular formula is C14H17N5OS. The third-order valence-corrected chi connectivity index (χ3v) is 3.96. The van der Waals surface area contributed by atoms with E-state index in [0.717, 1.165) is 11.4 Å². The van der Waals surface area contributed by atoms with Crippen molar-refractivity contribution in [3.63, 3.8) is 0 Å². The summed E-state index contributed by atoms with van der Waals surface area (Å²) < 4.78 is 1.86. The Kier molecular flexibility index (Phi) is 5.10. The lowest BCUT2D eigenvalue weighted by Crippen LogP contribution is -2.31. The molecule has 1 unspecified atom stereocenters. The number of rotatable bonds is 6. The molecule has 2 heterocycles. The van der Waals surface area contributed by atoms with Gasteiger partial charge in [0.05, 0.1) is 5.25 Å². The molecule has 0 radical (unpaired) electrons. The highest BCUT2D eigenvalue weighted by Crippen LogP contribution is 2.25. The molecule has 0 spiro atoms. The van der Waals surface area contributed by atoms with E-state index >= 15 is 0 Å². The van der Waals surface area contributed by atoms with Gasteiger partial charge < -0.3 is 9.88 Å². The molecule has 2 aromatic rings. The Morgan fingerprint density at radius 1 is 1.57 bits per heavy atom. The van der Waals surface area contributed by atoms with Gasteiger partial charge in [0.2, 0.25) is 5.91 Å². The SMILES string of the molecule is C=CCNC(=O)C(C)Sc1nnc(-c2cccnc2)n1C. The number of hydrogen-bond acceptors (Lipinski definition) is 5. The van der Waals surface area contributed by atoms with Gasteiger partial charge in [0.1, 0.15) is 0 Å². The molecule has 0 fully saturated rings. The van der Waals surface area contributed by atoms with Crippen LogP contribution in [0.5, 0.6) is 0 Å². The van der Waals surface area contributed by atoms with Crippen LogP contribution in [0.25, 0.3) is 11.4 Å². The standard InChI is InChI=1S/C14H17N5OS/c1-4-7-16-13(20)10(2)21-14-18-17-12(19(14)3)11-6-5-8-15-9-11/h4-6,8-10H,1,7H2,2-3H3,(H,16,20). The van der Waals surface area contributed by atoms with Crippen molar-refractivity contribution in [3.05, 3.63) is 37.2 Å². The number of carbonyl (C=O) groups is 1. The highest BCUT2D eigenvalue weighted by Gasteiger charge is 2.18. The minimum absolute atomic E-state index is 0.0502. The molecule has 0 aromatic carbocycles. The van der Waals surface area contributed by atoms with E-state index in [1.54, 1.807) is 18.5 Å². The van der Waals surface area contributed by atoms with Gasteiger partial charge in [0.25, 0.3) is 0 Å². The van der Waals surface area contributed by atoms with Crippen LogP contribution >= 0.6 is 11.8 Å². The summed E-state index contributed by atoms with van der Waals surface area (Å²) in [5, 5.41) is 11.5. The number of amides is 1. The number of pyridine rings is 1. The van der Waals surface area contributed by atoms with E-state index in [0.29, 0.717) is 11.7 Å². The first-order chi connectivity index (χ1) is 10.1. The van der Waals surface area contributed by atoms with Gasteiger partial charge >= 0.3 is 0 Å². The summed E-state index contributed by atoms with van der Waals surface area (Å²) >= 11 is 1.37. The van der Waals surface area contributed by atoms with Crippen molar-refractivity contribution in [3.8, 4) is 11.4 Å². The number of hydrogen-bond donors (Lipinski definition) is 1. The molecule has 0 saturated carbocycles. The summed E-state index contributed by atoms with van der Waals surface area (Å²) in [6.07, 6.45) is 5.10. The number of aromatic nitrogens is 4. The van der Waals surface area contributed by atoms with Crippen molar-refractivity contribution in [2.24, 2.45) is 7.05 Å². The molecule has 0 aliphatic heterocycles. The Morgan fingerprint density at radius 3 is 3.05 bits per heavy atom. The molecule has 110 valence electrons. The molecule has 0 aliphatic rings. The van der Waals surface area contributed by atoms with Crippen molar-refractivity contribution in [2.75, 3.05) is 6.54 Å². The van der Waals surface area contributed by atoms with Crippen molar-refractivity contribution in [1.29, 1.82) is 0 Å². The Hall–Kier alpha value is -2.15. The van der Waals surface area contributed by atoms with Gasteiger partial charge in [0.15, 0.2) is 11.0 Å². The average Bonchev–Trinajstić information content (AvgIpc) is 2.86. The maximum Gasteiger partial charge on any atom is 0.233 e. The van der Waals surface area contributed by atoms with Crippen LogP contribution in [0.2, 0.25) is 0 Å². The maximum atomic E-state index is 11.8. The smallest absolute Gasteiger partial charge is 0.233 e. The summed E-state index contributed by atoms with van der Waals surface area (Å²) in [5.74, 6) is 0.676. The molecule has 1 amide bonds. The minimum Gasteiger partial charge on any atom is -0.352 e. The van der Waals surface area contributed by atoms with Crippen LogP contribution < -0.4 is 5.32 Å². The summed E-state index contributed by atoms with van der Waals surface area (Å²) in [6.45, 7) is 5.87. The third kappa shape index (κ3) is 3.69. The Bertz CT molecular complexity index is 626. The van der Waals surface area contributed by atoms with Gasteiger partial charge in [-0.1, -0.05) is 17.8 Å². The lowest BCUT2D eigenvalue weighted by atomic mass is 10.3. The summed E-state index contributed by atoms with van der Waals surface area (Å²) in [4.78, 5) is 15.9. The van der Waals surface area contributed by atoms with Gasteiger partial charge in [-0.3, -0.25) is 9.78 Å². The van der Waals surface area contributed by atoms with Crippen molar-refractivity contribution in [1.82, 2.24) is 25.1 Å². The number of nitrogens with one attached hydrogen (secondary N) is 1. The Labute approximate surface area is 127 Å². The molecule has 0 aliphatic carbocycles. The van der Waals surface area contributed by atoms with Gasteiger partial charge in [-0.2, -0.15) is 0 Å². The van der Waals surface area contributed by atoms with Crippen LogP contribution in [-0.4, -0.2) is 37.5 Å². The predicted molar refractivity (Wildman–Crippen MR) is 82.8 cm³/mol. The van der Waals surface area contributed by atoms with E-state index in [9.17, 15) is 4.79 Å². The lowest BCUT2D eigenvalue weighted by molar-refractivity contribution is -0.120. The summed E-state index contributed by atoms with van der Waals surface area (Å²) in [6, 6.07) is 3.77. The highest BCUT2D eigenvalue weighted by molar-refractivity contribution is 8.00. The van der Waals surface area contributed by atoms with Crippen molar-refractivity contribution < 1.29 is 4.79 Å². The second-order valence-electron chi connectivity index (χ2n) is 4.40. The fourth-order valence-electron chi connectivity index (χ4n) is 1.69. The summed E-state index contributed by atoms with van der Waals surface area (Å²) in [5.41, 5.74) is 0.892. The first kappa shape index (κ1) is 15.2. The number of thioether (sulfide) groups is 1. The van der Waals surface area contributed by atoms with E-state index in [4.69, 9.17) is 0 Å². The van der Waals surface area contributed by atoms with Gasteiger partial charge in [0, 0.05) is 31.5 Å². The van der Waals surface area contributed by atoms with Crippen molar-refractivity contribution >= 4 is 17.7 Å². The average molecular weight is 303 g/mol. The van der Waals surface area contributed by atoms with Crippen LogP contribution in [0.4, 0.5) is 0 Å². The van der Waals surface area contributed by atoms with Crippen LogP contribution in [-0.2, 0) is 11.8 Å². The molecule has 1 N–H and O–H groups in total. The molecule has 1 atom stereocenters. The number of carbonyl (C=O) groups excluding carboxylic acids is 1. The normalized spacial score (nSPS) is 11.9. The second-order valence-corrected chi connectivity index (χ2v) is 5.71. The van der Waals surface area contributed by atoms with Crippen molar-refractivity contribution in [2.45, 2.75) is 17.3 Å². The van der Waals surface area contributed by atoms with Gasteiger partial charge in [-0.05, 0) is 19.1 Å². The van der Waals surface area contributed by atoms with Gasteiger partial charge in [-0.15, -0.1) is 16.8 Å². The van der Waals surface area contributed by atoms with Crippen LogP contribution in [0.3, 0.4) is 0 Å². The fraction of sp³-hybridized carbons (Fsp3) is 0.286. The molecule has 0 bridgehead atoms. The maximum absolute atomic E-state index is 11.8. The largest absolute Gasteiger partial charge is 0.352 e. The fourth-order valence-corrected chi connectivity index (χ4v) is 2.53. The van der Waals surface area contributed by atoms with E-state index in [-0.39, 0.29) is 11.2 Å². The highest BCUT2D eigenvalue weighted by atomic mass is 32.2. The summed E-state index contributed by atoms with van der Waals surface area (Å²) in [7, 11) is 1.87. The topological polar surface area (TPSA) is 72.7 Å². The number of nitrogens with zero attached hydrogens (tertiary/aromatic N) is 4. The molecule has 2 rings (SSSR count). The minimum atomic E-state index is -0.255. The first-order valence-corrected chi connectivity index (χ1v) is 7.36. The zero-order chi connectivity index (χ0) is 15.2.